The van der Waals surface area contributed by atoms with Crippen molar-refractivity contribution in [2.75, 3.05) is 26.3 Å². The fourth-order valence-corrected chi connectivity index (χ4v) is 1.93. The number of carbonyl (C=O) groups is 2. The minimum Gasteiger partial charge on any atom is -0.444 e. The standard InChI is InChI=1S/C13H23NO4/c1-5-17-10-13(9-15)6-7-14(8-13)11(16)18-12(2,3)4/h9H,5-8,10H2,1-4H3. The van der Waals surface area contributed by atoms with Crippen molar-refractivity contribution in [3.05, 3.63) is 0 Å². The van der Waals surface area contributed by atoms with Crippen LogP contribution in [0.4, 0.5) is 4.79 Å². The molecular formula is C13H23NO4. The lowest BCUT2D eigenvalue weighted by atomic mass is 9.90. The molecule has 104 valence electrons. The number of carbonyl (C=O) groups excluding carboxylic acids is 2. The van der Waals surface area contributed by atoms with Crippen molar-refractivity contribution in [2.45, 2.75) is 39.7 Å². The topological polar surface area (TPSA) is 55.8 Å². The lowest BCUT2D eigenvalue weighted by Crippen LogP contribution is -2.38. The Hall–Kier alpha value is -1.10. The number of hydrogen-bond acceptors (Lipinski definition) is 4. The summed E-state index contributed by atoms with van der Waals surface area (Å²) in [5.74, 6) is 0. The first kappa shape index (κ1) is 15.0. The highest BCUT2D eigenvalue weighted by atomic mass is 16.6. The van der Waals surface area contributed by atoms with Gasteiger partial charge in [-0.05, 0) is 34.1 Å². The predicted molar refractivity (Wildman–Crippen MR) is 67.4 cm³/mol. The molecule has 1 amide bonds. The molecule has 0 aromatic carbocycles. The second kappa shape index (κ2) is 5.69. The first-order valence-corrected chi connectivity index (χ1v) is 6.34. The fourth-order valence-electron chi connectivity index (χ4n) is 1.93. The second-order valence-electron chi connectivity index (χ2n) is 5.77. The molecule has 1 saturated heterocycles. The first-order valence-electron chi connectivity index (χ1n) is 6.34. The molecule has 5 nitrogen and oxygen atoms in total. The number of aldehydes is 1. The van der Waals surface area contributed by atoms with Crippen LogP contribution < -0.4 is 0 Å². The Morgan fingerprint density at radius 2 is 2.11 bits per heavy atom. The van der Waals surface area contributed by atoms with E-state index in [2.05, 4.69) is 0 Å². The van der Waals surface area contributed by atoms with Crippen LogP contribution in [0.1, 0.15) is 34.1 Å². The fraction of sp³-hybridized carbons (Fsp3) is 0.846. The molecule has 0 aromatic rings. The van der Waals surface area contributed by atoms with Crippen LogP contribution in [0, 0.1) is 5.41 Å². The third-order valence-electron chi connectivity index (χ3n) is 2.88. The van der Waals surface area contributed by atoms with Gasteiger partial charge >= 0.3 is 6.09 Å². The summed E-state index contributed by atoms with van der Waals surface area (Å²) in [5.41, 5.74) is -1.07. The van der Waals surface area contributed by atoms with Gasteiger partial charge in [0.25, 0.3) is 0 Å². The summed E-state index contributed by atoms with van der Waals surface area (Å²) in [7, 11) is 0. The molecular weight excluding hydrogens is 234 g/mol. The van der Waals surface area contributed by atoms with Crippen molar-refractivity contribution >= 4 is 12.4 Å². The lowest BCUT2D eigenvalue weighted by molar-refractivity contribution is -0.118. The molecule has 1 fully saturated rings. The number of likely N-dealkylation sites (tertiary alicyclic amines) is 1. The van der Waals surface area contributed by atoms with E-state index in [9.17, 15) is 9.59 Å². The van der Waals surface area contributed by atoms with Gasteiger partial charge in [-0.1, -0.05) is 0 Å². The molecule has 0 saturated carbocycles. The Balaban J connectivity index is 2.58. The molecule has 1 rings (SSSR count). The summed E-state index contributed by atoms with van der Waals surface area (Å²) >= 11 is 0. The van der Waals surface area contributed by atoms with Crippen LogP contribution in [0.15, 0.2) is 0 Å². The zero-order valence-corrected chi connectivity index (χ0v) is 11.7. The van der Waals surface area contributed by atoms with E-state index >= 15 is 0 Å². The molecule has 0 aliphatic carbocycles. The summed E-state index contributed by atoms with van der Waals surface area (Å²) < 4.78 is 10.6. The molecule has 1 aliphatic heterocycles. The summed E-state index contributed by atoms with van der Waals surface area (Å²) in [4.78, 5) is 24.7. The van der Waals surface area contributed by atoms with Crippen molar-refractivity contribution in [3.63, 3.8) is 0 Å². The Kier molecular flexibility index (Phi) is 4.73. The number of nitrogens with zero attached hydrogens (tertiary/aromatic N) is 1. The molecule has 0 bridgehead atoms. The van der Waals surface area contributed by atoms with E-state index in [0.29, 0.717) is 32.7 Å². The average Bonchev–Trinajstić information content (AvgIpc) is 2.69. The Morgan fingerprint density at radius 3 is 2.61 bits per heavy atom. The van der Waals surface area contributed by atoms with E-state index in [0.717, 1.165) is 6.29 Å². The van der Waals surface area contributed by atoms with Crippen molar-refractivity contribution in [1.82, 2.24) is 4.90 Å². The summed E-state index contributed by atoms with van der Waals surface area (Å²) in [6.45, 7) is 9.23. The highest BCUT2D eigenvalue weighted by molar-refractivity contribution is 5.71. The van der Waals surface area contributed by atoms with Gasteiger partial charge in [0.15, 0.2) is 0 Å². The smallest absolute Gasteiger partial charge is 0.410 e. The van der Waals surface area contributed by atoms with Crippen LogP contribution in [0.2, 0.25) is 0 Å². The van der Waals surface area contributed by atoms with Crippen molar-refractivity contribution in [2.24, 2.45) is 5.41 Å². The van der Waals surface area contributed by atoms with E-state index in [1.54, 1.807) is 4.90 Å². The van der Waals surface area contributed by atoms with Crippen molar-refractivity contribution < 1.29 is 19.1 Å². The SMILES string of the molecule is CCOCC1(C=O)CCN(C(=O)OC(C)(C)C)C1. The Bertz CT molecular complexity index is 311. The maximum absolute atomic E-state index is 11.9. The van der Waals surface area contributed by atoms with Crippen molar-refractivity contribution in [1.29, 1.82) is 0 Å². The Labute approximate surface area is 108 Å². The van der Waals surface area contributed by atoms with Gasteiger partial charge in [0, 0.05) is 19.7 Å². The molecule has 0 N–H and O–H groups in total. The van der Waals surface area contributed by atoms with Crippen LogP contribution in [0.3, 0.4) is 0 Å². The van der Waals surface area contributed by atoms with Crippen LogP contribution >= 0.6 is 0 Å². The average molecular weight is 257 g/mol. The molecule has 0 spiro atoms. The maximum atomic E-state index is 11.9. The summed E-state index contributed by atoms with van der Waals surface area (Å²) in [6.07, 6.45) is 1.19. The highest BCUT2D eigenvalue weighted by Gasteiger charge is 2.41. The minimum absolute atomic E-state index is 0.359. The van der Waals surface area contributed by atoms with Gasteiger partial charge in [-0.25, -0.2) is 4.79 Å². The van der Waals surface area contributed by atoms with E-state index in [1.807, 2.05) is 27.7 Å². The van der Waals surface area contributed by atoms with Gasteiger partial charge in [0.05, 0.1) is 12.0 Å². The summed E-state index contributed by atoms with van der Waals surface area (Å²) in [6, 6.07) is 0. The van der Waals surface area contributed by atoms with Gasteiger partial charge in [-0.2, -0.15) is 0 Å². The zero-order valence-electron chi connectivity index (χ0n) is 11.7. The molecule has 1 heterocycles. The molecule has 0 aromatic heterocycles. The van der Waals surface area contributed by atoms with E-state index < -0.39 is 11.0 Å². The third kappa shape index (κ3) is 3.98. The highest BCUT2D eigenvalue weighted by Crippen LogP contribution is 2.29. The number of hydrogen-bond donors (Lipinski definition) is 0. The van der Waals surface area contributed by atoms with E-state index in [4.69, 9.17) is 9.47 Å². The predicted octanol–water partition coefficient (Wildman–Crippen LogP) is 1.85. The van der Waals surface area contributed by atoms with Gasteiger partial charge in [-0.3, -0.25) is 0 Å². The second-order valence-corrected chi connectivity index (χ2v) is 5.77. The van der Waals surface area contributed by atoms with Crippen molar-refractivity contribution in [3.8, 4) is 0 Å². The van der Waals surface area contributed by atoms with E-state index in [-0.39, 0.29) is 6.09 Å². The number of rotatable bonds is 4. The quantitative estimate of drug-likeness (QED) is 0.721. The summed E-state index contributed by atoms with van der Waals surface area (Å²) in [5, 5.41) is 0. The molecule has 18 heavy (non-hydrogen) atoms. The first-order chi connectivity index (χ1) is 8.32. The largest absolute Gasteiger partial charge is 0.444 e. The molecule has 1 unspecified atom stereocenters. The van der Waals surface area contributed by atoms with Gasteiger partial charge in [0.1, 0.15) is 11.9 Å². The van der Waals surface area contributed by atoms with Crippen LogP contribution in [-0.4, -0.2) is 49.2 Å². The normalized spacial score (nSPS) is 24.1. The molecule has 5 heteroatoms. The van der Waals surface area contributed by atoms with Crippen LogP contribution in [0.25, 0.3) is 0 Å². The van der Waals surface area contributed by atoms with Gasteiger partial charge in [0.2, 0.25) is 0 Å². The molecule has 1 aliphatic rings. The minimum atomic E-state index is -0.563. The number of ether oxygens (including phenoxy) is 2. The number of amides is 1. The maximum Gasteiger partial charge on any atom is 0.410 e. The van der Waals surface area contributed by atoms with Gasteiger partial charge < -0.3 is 19.2 Å². The Morgan fingerprint density at radius 1 is 1.44 bits per heavy atom. The zero-order chi connectivity index (χ0) is 13.8. The van der Waals surface area contributed by atoms with Gasteiger partial charge in [-0.15, -0.1) is 0 Å². The molecule has 0 radical (unpaired) electrons. The van der Waals surface area contributed by atoms with Crippen LogP contribution in [0.5, 0.6) is 0 Å². The lowest BCUT2D eigenvalue weighted by Gasteiger charge is -2.26. The monoisotopic (exact) mass is 257 g/mol. The van der Waals surface area contributed by atoms with Crippen LogP contribution in [-0.2, 0) is 14.3 Å². The van der Waals surface area contributed by atoms with E-state index in [1.165, 1.54) is 0 Å². The third-order valence-corrected chi connectivity index (χ3v) is 2.88. The molecule has 1 atom stereocenters.